The molecular formula is C14H23N3. The van der Waals surface area contributed by atoms with E-state index in [2.05, 4.69) is 23.7 Å². The third kappa shape index (κ3) is 2.54. The summed E-state index contributed by atoms with van der Waals surface area (Å²) in [4.78, 5) is 6.88. The van der Waals surface area contributed by atoms with Gasteiger partial charge >= 0.3 is 0 Å². The Labute approximate surface area is 104 Å². The summed E-state index contributed by atoms with van der Waals surface area (Å²) in [6.07, 6.45) is 8.49. The maximum absolute atomic E-state index is 6.16. The van der Waals surface area contributed by atoms with Gasteiger partial charge in [0, 0.05) is 18.8 Å². The van der Waals surface area contributed by atoms with Crippen LogP contribution in [0.5, 0.6) is 0 Å². The van der Waals surface area contributed by atoms with E-state index in [-0.39, 0.29) is 0 Å². The molecule has 0 aliphatic heterocycles. The minimum Gasteiger partial charge on any atom is -0.396 e. The normalized spacial score (nSPS) is 17.1. The number of rotatable bonds is 3. The van der Waals surface area contributed by atoms with Gasteiger partial charge in [-0.25, -0.2) is 4.98 Å². The molecule has 0 bridgehead atoms. The van der Waals surface area contributed by atoms with Gasteiger partial charge < -0.3 is 10.6 Å². The smallest absolute Gasteiger partial charge is 0.152 e. The SMILES string of the molecule is CCN(c1nccc(C)c1N)C1CCCCC1. The Hall–Kier alpha value is -1.25. The number of aryl methyl sites for hydroxylation is 1. The molecule has 2 rings (SSSR count). The summed E-state index contributed by atoms with van der Waals surface area (Å²) in [6.45, 7) is 5.23. The van der Waals surface area contributed by atoms with Crippen molar-refractivity contribution >= 4 is 11.5 Å². The number of pyridine rings is 1. The zero-order valence-corrected chi connectivity index (χ0v) is 10.9. The summed E-state index contributed by atoms with van der Waals surface area (Å²) in [5, 5.41) is 0. The van der Waals surface area contributed by atoms with Crippen LogP contribution in [-0.4, -0.2) is 17.6 Å². The van der Waals surface area contributed by atoms with Gasteiger partial charge in [-0.2, -0.15) is 0 Å². The largest absolute Gasteiger partial charge is 0.396 e. The number of nitrogen functional groups attached to an aromatic ring is 1. The maximum Gasteiger partial charge on any atom is 0.152 e. The third-order valence-electron chi connectivity index (χ3n) is 3.82. The first-order valence-electron chi connectivity index (χ1n) is 6.71. The van der Waals surface area contributed by atoms with E-state index in [9.17, 15) is 0 Å². The molecule has 1 aromatic heterocycles. The Bertz CT molecular complexity index is 370. The Morgan fingerprint density at radius 2 is 2.06 bits per heavy atom. The van der Waals surface area contributed by atoms with E-state index in [1.807, 2.05) is 12.3 Å². The van der Waals surface area contributed by atoms with Crippen molar-refractivity contribution in [2.24, 2.45) is 0 Å². The van der Waals surface area contributed by atoms with Crippen molar-refractivity contribution in [2.75, 3.05) is 17.2 Å². The highest BCUT2D eigenvalue weighted by Crippen LogP contribution is 2.30. The third-order valence-corrected chi connectivity index (χ3v) is 3.82. The van der Waals surface area contributed by atoms with Gasteiger partial charge in [-0.05, 0) is 38.3 Å². The van der Waals surface area contributed by atoms with Crippen LogP contribution in [0.15, 0.2) is 12.3 Å². The Balaban J connectivity index is 2.24. The molecule has 1 aromatic rings. The molecule has 0 spiro atoms. The Morgan fingerprint density at radius 1 is 1.35 bits per heavy atom. The average molecular weight is 233 g/mol. The van der Waals surface area contributed by atoms with E-state index in [4.69, 9.17) is 5.73 Å². The molecule has 0 unspecified atom stereocenters. The Kier molecular flexibility index (Phi) is 3.87. The molecule has 17 heavy (non-hydrogen) atoms. The van der Waals surface area contributed by atoms with E-state index in [1.165, 1.54) is 32.1 Å². The molecule has 1 aliphatic rings. The minimum atomic E-state index is 0.630. The predicted octanol–water partition coefficient (Wildman–Crippen LogP) is 3.13. The van der Waals surface area contributed by atoms with Gasteiger partial charge in [0.1, 0.15) is 0 Å². The molecule has 0 aromatic carbocycles. The fourth-order valence-corrected chi connectivity index (χ4v) is 2.76. The van der Waals surface area contributed by atoms with Gasteiger partial charge in [0.05, 0.1) is 5.69 Å². The molecular weight excluding hydrogens is 210 g/mol. The fourth-order valence-electron chi connectivity index (χ4n) is 2.76. The molecule has 0 atom stereocenters. The molecule has 94 valence electrons. The van der Waals surface area contributed by atoms with Crippen LogP contribution in [-0.2, 0) is 0 Å². The number of nitrogens with two attached hydrogens (primary N) is 1. The highest BCUT2D eigenvalue weighted by Gasteiger charge is 2.22. The van der Waals surface area contributed by atoms with E-state index >= 15 is 0 Å². The van der Waals surface area contributed by atoms with Gasteiger partial charge in [-0.3, -0.25) is 0 Å². The zero-order valence-electron chi connectivity index (χ0n) is 10.9. The lowest BCUT2D eigenvalue weighted by molar-refractivity contribution is 0.416. The molecule has 0 saturated heterocycles. The first-order valence-corrected chi connectivity index (χ1v) is 6.71. The van der Waals surface area contributed by atoms with Crippen LogP contribution >= 0.6 is 0 Å². The average Bonchev–Trinajstić information content (AvgIpc) is 2.37. The van der Waals surface area contributed by atoms with Gasteiger partial charge in [-0.1, -0.05) is 19.3 Å². The molecule has 3 nitrogen and oxygen atoms in total. The second-order valence-corrected chi connectivity index (χ2v) is 4.94. The number of hydrogen-bond donors (Lipinski definition) is 1. The van der Waals surface area contributed by atoms with E-state index in [0.717, 1.165) is 23.6 Å². The van der Waals surface area contributed by atoms with E-state index < -0.39 is 0 Å². The first-order chi connectivity index (χ1) is 8.24. The number of anilines is 2. The molecule has 0 amide bonds. The second kappa shape index (κ2) is 5.39. The Morgan fingerprint density at radius 3 is 2.71 bits per heavy atom. The van der Waals surface area contributed by atoms with Gasteiger partial charge in [0.25, 0.3) is 0 Å². The van der Waals surface area contributed by atoms with Crippen molar-refractivity contribution in [3.8, 4) is 0 Å². The lowest BCUT2D eigenvalue weighted by Gasteiger charge is -2.35. The van der Waals surface area contributed by atoms with Crippen molar-refractivity contribution in [3.63, 3.8) is 0 Å². The molecule has 1 fully saturated rings. The van der Waals surface area contributed by atoms with Gasteiger partial charge in [-0.15, -0.1) is 0 Å². The highest BCUT2D eigenvalue weighted by atomic mass is 15.2. The molecule has 3 heteroatoms. The molecule has 1 aliphatic carbocycles. The summed E-state index contributed by atoms with van der Waals surface area (Å²) in [6, 6.07) is 2.61. The summed E-state index contributed by atoms with van der Waals surface area (Å²) >= 11 is 0. The summed E-state index contributed by atoms with van der Waals surface area (Å²) in [7, 11) is 0. The summed E-state index contributed by atoms with van der Waals surface area (Å²) in [5.74, 6) is 0.986. The molecule has 1 heterocycles. The number of nitrogens with zero attached hydrogens (tertiary/aromatic N) is 2. The molecule has 0 radical (unpaired) electrons. The van der Waals surface area contributed by atoms with Crippen LogP contribution in [0.2, 0.25) is 0 Å². The first kappa shape index (κ1) is 12.2. The standard InChI is InChI=1S/C14H23N3/c1-3-17(12-7-5-4-6-8-12)14-13(15)11(2)9-10-16-14/h9-10,12H,3-8,15H2,1-2H3. The van der Waals surface area contributed by atoms with E-state index in [0.29, 0.717) is 6.04 Å². The van der Waals surface area contributed by atoms with Crippen molar-refractivity contribution in [1.82, 2.24) is 4.98 Å². The monoisotopic (exact) mass is 233 g/mol. The van der Waals surface area contributed by atoms with Gasteiger partial charge in [0.15, 0.2) is 5.82 Å². The van der Waals surface area contributed by atoms with E-state index in [1.54, 1.807) is 0 Å². The van der Waals surface area contributed by atoms with Crippen LogP contribution in [0.4, 0.5) is 11.5 Å². The minimum absolute atomic E-state index is 0.630. The van der Waals surface area contributed by atoms with Crippen LogP contribution in [0.1, 0.15) is 44.6 Å². The lowest BCUT2D eigenvalue weighted by atomic mass is 9.94. The predicted molar refractivity (Wildman–Crippen MR) is 73.3 cm³/mol. The second-order valence-electron chi connectivity index (χ2n) is 4.94. The van der Waals surface area contributed by atoms with Gasteiger partial charge in [0.2, 0.25) is 0 Å². The summed E-state index contributed by atoms with van der Waals surface area (Å²) < 4.78 is 0. The fraction of sp³-hybridized carbons (Fsp3) is 0.643. The van der Waals surface area contributed by atoms with Crippen LogP contribution in [0, 0.1) is 6.92 Å². The van der Waals surface area contributed by atoms with Crippen molar-refractivity contribution in [2.45, 2.75) is 52.0 Å². The van der Waals surface area contributed by atoms with Crippen LogP contribution in [0.25, 0.3) is 0 Å². The van der Waals surface area contributed by atoms with Crippen molar-refractivity contribution in [3.05, 3.63) is 17.8 Å². The number of aromatic nitrogens is 1. The molecule has 1 saturated carbocycles. The van der Waals surface area contributed by atoms with Crippen molar-refractivity contribution in [1.29, 1.82) is 0 Å². The molecule has 2 N–H and O–H groups in total. The quantitative estimate of drug-likeness (QED) is 0.872. The summed E-state index contributed by atoms with van der Waals surface area (Å²) in [5.41, 5.74) is 8.14. The highest BCUT2D eigenvalue weighted by molar-refractivity contribution is 5.66. The topological polar surface area (TPSA) is 42.2 Å². The van der Waals surface area contributed by atoms with Crippen LogP contribution < -0.4 is 10.6 Å². The lowest BCUT2D eigenvalue weighted by Crippen LogP contribution is -2.37. The zero-order chi connectivity index (χ0) is 12.3. The van der Waals surface area contributed by atoms with Crippen LogP contribution in [0.3, 0.4) is 0 Å². The maximum atomic E-state index is 6.16. The van der Waals surface area contributed by atoms with Crippen molar-refractivity contribution < 1.29 is 0 Å². The number of hydrogen-bond acceptors (Lipinski definition) is 3.